The van der Waals surface area contributed by atoms with E-state index in [4.69, 9.17) is 0 Å². The summed E-state index contributed by atoms with van der Waals surface area (Å²) in [7, 11) is 2.09. The summed E-state index contributed by atoms with van der Waals surface area (Å²) >= 11 is 0. The molecule has 0 N–H and O–H groups in total. The van der Waals surface area contributed by atoms with E-state index in [9.17, 15) is 4.79 Å². The van der Waals surface area contributed by atoms with Crippen molar-refractivity contribution in [2.75, 3.05) is 11.9 Å². The van der Waals surface area contributed by atoms with Crippen molar-refractivity contribution in [3.63, 3.8) is 0 Å². The number of fused-ring (bicyclic) bond motifs is 1. The van der Waals surface area contributed by atoms with Gasteiger partial charge in [0.1, 0.15) is 7.05 Å². The summed E-state index contributed by atoms with van der Waals surface area (Å²) in [5.41, 5.74) is 5.76. The number of para-hydroxylation sites is 1. The number of aryl methyl sites for hydroxylation is 1. The molecule has 0 saturated heterocycles. The fourth-order valence-electron chi connectivity index (χ4n) is 3.56. The third kappa shape index (κ3) is 3.02. The van der Waals surface area contributed by atoms with Gasteiger partial charge in [-0.3, -0.25) is 9.69 Å². The molecule has 25 heavy (non-hydrogen) atoms. The van der Waals surface area contributed by atoms with Gasteiger partial charge in [-0.15, -0.1) is 0 Å². The van der Waals surface area contributed by atoms with Crippen LogP contribution in [0, 0.1) is 6.92 Å². The fourth-order valence-corrected chi connectivity index (χ4v) is 3.56. The Balaban J connectivity index is 2.01. The van der Waals surface area contributed by atoms with Crippen molar-refractivity contribution < 1.29 is 9.37 Å². The molecule has 2 aromatic rings. The Hall–Kier alpha value is -2.68. The second-order valence-corrected chi connectivity index (χ2v) is 7.13. The third-order valence-corrected chi connectivity index (χ3v) is 4.94. The van der Waals surface area contributed by atoms with Crippen LogP contribution in [0.1, 0.15) is 31.9 Å². The predicted octanol–water partition coefficient (Wildman–Crippen LogP) is 4.57. The monoisotopic (exact) mass is 333 g/mol. The van der Waals surface area contributed by atoms with Gasteiger partial charge < -0.3 is 0 Å². The van der Waals surface area contributed by atoms with Crippen molar-refractivity contribution in [1.29, 1.82) is 0 Å². The standard InChI is InChI=1S/C22H25N2O/c1-16-11-12-20-19(15-16)22(3,4)21(23(20)5)13-14-24(17(2)25)18-9-7-6-8-10-18/h6-15H,1-5H3/q+1. The molecule has 0 aliphatic carbocycles. The zero-order valence-electron chi connectivity index (χ0n) is 15.6. The lowest BCUT2D eigenvalue weighted by Gasteiger charge is -2.18. The number of allylic oxidation sites excluding steroid dienone is 1. The largest absolute Gasteiger partial charge is 0.288 e. The summed E-state index contributed by atoms with van der Waals surface area (Å²) in [5, 5.41) is 0. The maximum Gasteiger partial charge on any atom is 0.227 e. The Bertz CT molecular complexity index is 876. The van der Waals surface area contributed by atoms with Crippen LogP contribution < -0.4 is 4.90 Å². The Kier molecular flexibility index (Phi) is 4.34. The number of benzene rings is 2. The van der Waals surface area contributed by atoms with E-state index in [1.165, 1.54) is 22.5 Å². The number of amides is 1. The molecule has 0 spiro atoms. The van der Waals surface area contributed by atoms with Crippen LogP contribution in [-0.4, -0.2) is 23.2 Å². The second-order valence-electron chi connectivity index (χ2n) is 7.13. The van der Waals surface area contributed by atoms with Crippen LogP contribution in [0.2, 0.25) is 0 Å². The number of hydrogen-bond donors (Lipinski definition) is 0. The first kappa shape index (κ1) is 17.2. The summed E-state index contributed by atoms with van der Waals surface area (Å²) < 4.78 is 2.22. The second kappa shape index (κ2) is 6.32. The molecule has 0 radical (unpaired) electrons. The van der Waals surface area contributed by atoms with E-state index < -0.39 is 0 Å². The van der Waals surface area contributed by atoms with Crippen molar-refractivity contribution in [3.8, 4) is 0 Å². The topological polar surface area (TPSA) is 23.3 Å². The average Bonchev–Trinajstić information content (AvgIpc) is 2.76. The molecule has 0 unspecified atom stereocenters. The highest BCUT2D eigenvalue weighted by Gasteiger charge is 2.42. The summed E-state index contributed by atoms with van der Waals surface area (Å²) in [4.78, 5) is 13.8. The van der Waals surface area contributed by atoms with Crippen molar-refractivity contribution in [1.82, 2.24) is 0 Å². The first-order chi connectivity index (χ1) is 11.8. The van der Waals surface area contributed by atoms with Crippen molar-refractivity contribution in [2.45, 2.75) is 33.1 Å². The van der Waals surface area contributed by atoms with E-state index in [0.717, 1.165) is 5.69 Å². The van der Waals surface area contributed by atoms with Gasteiger partial charge in [-0.1, -0.05) is 29.8 Å². The first-order valence-electron chi connectivity index (χ1n) is 8.57. The molecule has 0 fully saturated rings. The molecule has 1 amide bonds. The number of rotatable bonds is 3. The molecule has 1 heterocycles. The van der Waals surface area contributed by atoms with Gasteiger partial charge in [0, 0.05) is 36.5 Å². The molecule has 2 aromatic carbocycles. The lowest BCUT2D eigenvalue weighted by Crippen LogP contribution is -2.28. The van der Waals surface area contributed by atoms with Gasteiger partial charge >= 0.3 is 0 Å². The van der Waals surface area contributed by atoms with Crippen molar-refractivity contribution in [2.24, 2.45) is 0 Å². The molecule has 0 bridgehead atoms. The minimum Gasteiger partial charge on any atom is -0.288 e. The van der Waals surface area contributed by atoms with E-state index in [-0.39, 0.29) is 11.3 Å². The van der Waals surface area contributed by atoms with Crippen LogP contribution in [0.5, 0.6) is 0 Å². The van der Waals surface area contributed by atoms with Crippen molar-refractivity contribution in [3.05, 3.63) is 71.9 Å². The molecule has 3 heteroatoms. The Morgan fingerprint density at radius 2 is 1.80 bits per heavy atom. The minimum atomic E-state index is -0.105. The summed E-state index contributed by atoms with van der Waals surface area (Å²) in [6.07, 6.45) is 3.94. The number of hydrogen-bond acceptors (Lipinski definition) is 1. The maximum absolute atomic E-state index is 12.1. The lowest BCUT2D eigenvalue weighted by atomic mass is 9.81. The first-order valence-corrected chi connectivity index (χ1v) is 8.57. The normalized spacial score (nSPS) is 15.6. The van der Waals surface area contributed by atoms with Crippen LogP contribution in [0.25, 0.3) is 0 Å². The molecule has 3 nitrogen and oxygen atoms in total. The molecule has 1 aliphatic rings. The number of carbonyl (C=O) groups excluding carboxylic acids is 1. The van der Waals surface area contributed by atoms with Gasteiger partial charge in [-0.05, 0) is 39.0 Å². The summed E-state index contributed by atoms with van der Waals surface area (Å²) in [5.74, 6) is -0.00475. The smallest absolute Gasteiger partial charge is 0.227 e. The SMILES string of the molecule is CC(=O)N(/C=C/C1=[N+](C)c2ccc(C)cc2C1(C)C)c1ccccc1. The van der Waals surface area contributed by atoms with Gasteiger partial charge in [0.2, 0.25) is 11.6 Å². The zero-order valence-corrected chi connectivity index (χ0v) is 15.6. The fraction of sp³-hybridized carbons (Fsp3) is 0.273. The third-order valence-electron chi connectivity index (χ3n) is 4.94. The van der Waals surface area contributed by atoms with Gasteiger partial charge in [0.05, 0.1) is 5.41 Å². The van der Waals surface area contributed by atoms with Crippen LogP contribution >= 0.6 is 0 Å². The van der Waals surface area contributed by atoms with Crippen LogP contribution in [0.15, 0.2) is 60.8 Å². The number of nitrogens with zero attached hydrogens (tertiary/aromatic N) is 2. The maximum atomic E-state index is 12.1. The van der Waals surface area contributed by atoms with Crippen LogP contribution in [0.4, 0.5) is 11.4 Å². The Morgan fingerprint density at radius 1 is 1.12 bits per heavy atom. The van der Waals surface area contributed by atoms with Crippen LogP contribution in [-0.2, 0) is 10.2 Å². The highest BCUT2D eigenvalue weighted by molar-refractivity contribution is 6.04. The Labute approximate surface area is 149 Å². The lowest BCUT2D eigenvalue weighted by molar-refractivity contribution is -0.401. The number of carbonyl (C=O) groups is 1. The van der Waals surface area contributed by atoms with Gasteiger partial charge in [0.15, 0.2) is 5.71 Å². The predicted molar refractivity (Wildman–Crippen MR) is 104 cm³/mol. The number of anilines is 1. The molecular formula is C22H25N2O+. The Morgan fingerprint density at radius 3 is 2.44 bits per heavy atom. The molecule has 3 rings (SSSR count). The van der Waals surface area contributed by atoms with Crippen LogP contribution in [0.3, 0.4) is 0 Å². The highest BCUT2D eigenvalue weighted by atomic mass is 16.2. The molecule has 0 aromatic heterocycles. The minimum absolute atomic E-state index is 0.00475. The zero-order chi connectivity index (χ0) is 18.2. The summed E-state index contributed by atoms with van der Waals surface area (Å²) in [6.45, 7) is 8.17. The van der Waals surface area contributed by atoms with Gasteiger partial charge in [-0.25, -0.2) is 0 Å². The van der Waals surface area contributed by atoms with Gasteiger partial charge in [0.25, 0.3) is 0 Å². The molecule has 0 saturated carbocycles. The summed E-state index contributed by atoms with van der Waals surface area (Å²) in [6, 6.07) is 16.3. The molecule has 128 valence electrons. The average molecular weight is 333 g/mol. The van der Waals surface area contributed by atoms with Gasteiger partial charge in [-0.2, -0.15) is 4.58 Å². The highest BCUT2D eigenvalue weighted by Crippen LogP contribution is 2.39. The van der Waals surface area contributed by atoms with E-state index in [1.54, 1.807) is 11.8 Å². The molecular weight excluding hydrogens is 308 g/mol. The van der Waals surface area contributed by atoms with E-state index in [0.29, 0.717) is 0 Å². The van der Waals surface area contributed by atoms with E-state index in [1.807, 2.05) is 36.5 Å². The van der Waals surface area contributed by atoms with E-state index >= 15 is 0 Å². The van der Waals surface area contributed by atoms with Crippen molar-refractivity contribution >= 4 is 23.0 Å². The quantitative estimate of drug-likeness (QED) is 0.755. The molecule has 0 atom stereocenters. The molecule has 1 aliphatic heterocycles. The van der Waals surface area contributed by atoms with E-state index in [2.05, 4.69) is 56.7 Å².